The average Bonchev–Trinajstić information content (AvgIpc) is 2.44. The molecule has 0 bridgehead atoms. The Morgan fingerprint density at radius 1 is 1.05 bits per heavy atom. The number of rotatable bonds is 7. The Labute approximate surface area is 120 Å². The highest BCUT2D eigenvalue weighted by molar-refractivity contribution is 6.21. The van der Waals surface area contributed by atoms with Crippen molar-refractivity contribution in [1.82, 2.24) is 0 Å². The largest absolute Gasteiger partial charge is 0.493 e. The zero-order valence-corrected chi connectivity index (χ0v) is 13.1. The maximum Gasteiger partial charge on any atom is 0.203 e. The Morgan fingerprint density at radius 3 is 2.16 bits per heavy atom. The van der Waals surface area contributed by atoms with Crippen molar-refractivity contribution < 1.29 is 14.2 Å². The molecule has 0 saturated carbocycles. The van der Waals surface area contributed by atoms with Crippen molar-refractivity contribution in [2.24, 2.45) is 5.92 Å². The molecule has 0 aliphatic heterocycles. The molecule has 0 amide bonds. The van der Waals surface area contributed by atoms with Crippen LogP contribution in [0.5, 0.6) is 17.2 Å². The van der Waals surface area contributed by atoms with Crippen molar-refractivity contribution >= 4 is 11.6 Å². The first-order valence-corrected chi connectivity index (χ1v) is 6.95. The van der Waals surface area contributed by atoms with Gasteiger partial charge >= 0.3 is 0 Å². The molecule has 108 valence electrons. The van der Waals surface area contributed by atoms with E-state index in [0.717, 1.165) is 18.4 Å². The molecule has 1 rings (SSSR count). The Morgan fingerprint density at radius 2 is 1.68 bits per heavy atom. The van der Waals surface area contributed by atoms with Gasteiger partial charge in [-0.25, -0.2) is 0 Å². The fourth-order valence-corrected chi connectivity index (χ4v) is 2.49. The van der Waals surface area contributed by atoms with E-state index in [2.05, 4.69) is 13.8 Å². The second-order valence-electron chi connectivity index (χ2n) is 4.64. The van der Waals surface area contributed by atoms with Crippen LogP contribution in [0.3, 0.4) is 0 Å². The van der Waals surface area contributed by atoms with Crippen molar-refractivity contribution in [3.63, 3.8) is 0 Å². The number of hydrogen-bond donors (Lipinski definition) is 0. The number of alkyl halides is 1. The maximum atomic E-state index is 6.51. The summed E-state index contributed by atoms with van der Waals surface area (Å²) in [6.45, 7) is 4.36. The van der Waals surface area contributed by atoms with Gasteiger partial charge in [-0.2, -0.15) is 0 Å². The SMILES string of the molecule is CCC(C)CC(Cl)c1ccc(OC)c(OC)c1OC. The predicted molar refractivity (Wildman–Crippen MR) is 78.8 cm³/mol. The fourth-order valence-electron chi connectivity index (χ4n) is 2.02. The molecular weight excluding hydrogens is 264 g/mol. The molecule has 2 unspecified atom stereocenters. The lowest BCUT2D eigenvalue weighted by molar-refractivity contribution is 0.321. The van der Waals surface area contributed by atoms with E-state index in [1.807, 2.05) is 12.1 Å². The van der Waals surface area contributed by atoms with Gasteiger partial charge in [0.2, 0.25) is 5.75 Å². The van der Waals surface area contributed by atoms with Gasteiger partial charge in [-0.1, -0.05) is 20.3 Å². The summed E-state index contributed by atoms with van der Waals surface area (Å²) in [5.41, 5.74) is 0.946. The van der Waals surface area contributed by atoms with Gasteiger partial charge in [0.05, 0.1) is 26.7 Å². The molecular formula is C15H23ClO3. The van der Waals surface area contributed by atoms with Gasteiger partial charge in [-0.05, 0) is 24.5 Å². The number of halogens is 1. The topological polar surface area (TPSA) is 27.7 Å². The molecule has 0 spiro atoms. The summed E-state index contributed by atoms with van der Waals surface area (Å²) in [6, 6.07) is 3.81. The minimum absolute atomic E-state index is 0.0929. The van der Waals surface area contributed by atoms with E-state index in [9.17, 15) is 0 Å². The third kappa shape index (κ3) is 3.69. The zero-order valence-electron chi connectivity index (χ0n) is 12.3. The Bertz CT molecular complexity index is 407. The molecule has 0 radical (unpaired) electrons. The monoisotopic (exact) mass is 286 g/mol. The normalized spacial score (nSPS) is 13.8. The summed E-state index contributed by atoms with van der Waals surface area (Å²) in [4.78, 5) is 0. The molecule has 2 atom stereocenters. The van der Waals surface area contributed by atoms with Gasteiger partial charge in [-0.3, -0.25) is 0 Å². The van der Waals surface area contributed by atoms with Gasteiger partial charge in [0.1, 0.15) is 0 Å². The quantitative estimate of drug-likeness (QED) is 0.694. The molecule has 19 heavy (non-hydrogen) atoms. The number of benzene rings is 1. The van der Waals surface area contributed by atoms with E-state index in [0.29, 0.717) is 23.2 Å². The fraction of sp³-hybridized carbons (Fsp3) is 0.600. The highest BCUT2D eigenvalue weighted by atomic mass is 35.5. The van der Waals surface area contributed by atoms with Gasteiger partial charge in [-0.15, -0.1) is 11.6 Å². The van der Waals surface area contributed by atoms with Crippen LogP contribution in [0.15, 0.2) is 12.1 Å². The first-order chi connectivity index (χ1) is 9.08. The summed E-state index contributed by atoms with van der Waals surface area (Å²) < 4.78 is 16.1. The van der Waals surface area contributed by atoms with Gasteiger partial charge in [0.15, 0.2) is 11.5 Å². The lowest BCUT2D eigenvalue weighted by Crippen LogP contribution is -2.03. The highest BCUT2D eigenvalue weighted by Crippen LogP contribution is 2.45. The van der Waals surface area contributed by atoms with Crippen LogP contribution in [0.2, 0.25) is 0 Å². The lowest BCUT2D eigenvalue weighted by Gasteiger charge is -2.20. The number of methoxy groups -OCH3 is 3. The van der Waals surface area contributed by atoms with Crippen LogP contribution in [-0.2, 0) is 0 Å². The van der Waals surface area contributed by atoms with Gasteiger partial charge in [0.25, 0.3) is 0 Å². The third-order valence-electron chi connectivity index (χ3n) is 3.38. The van der Waals surface area contributed by atoms with Crippen LogP contribution in [0.4, 0.5) is 0 Å². The minimum Gasteiger partial charge on any atom is -0.493 e. The molecule has 1 aromatic rings. The molecule has 0 heterocycles. The predicted octanol–water partition coefficient (Wildman–Crippen LogP) is 4.43. The second kappa shape index (κ2) is 7.49. The molecule has 0 saturated heterocycles. The van der Waals surface area contributed by atoms with Crippen LogP contribution in [0.25, 0.3) is 0 Å². The lowest BCUT2D eigenvalue weighted by atomic mass is 9.97. The van der Waals surface area contributed by atoms with Crippen molar-refractivity contribution in [3.8, 4) is 17.2 Å². The molecule has 0 aromatic heterocycles. The van der Waals surface area contributed by atoms with Crippen LogP contribution in [0.1, 0.15) is 37.6 Å². The van der Waals surface area contributed by atoms with Crippen molar-refractivity contribution in [3.05, 3.63) is 17.7 Å². The molecule has 0 fully saturated rings. The van der Waals surface area contributed by atoms with Crippen LogP contribution < -0.4 is 14.2 Å². The Balaban J connectivity index is 3.13. The van der Waals surface area contributed by atoms with Crippen molar-refractivity contribution in [2.45, 2.75) is 32.1 Å². The van der Waals surface area contributed by atoms with Crippen molar-refractivity contribution in [1.29, 1.82) is 0 Å². The molecule has 0 aliphatic carbocycles. The van der Waals surface area contributed by atoms with Crippen LogP contribution in [0, 0.1) is 5.92 Å². The second-order valence-corrected chi connectivity index (χ2v) is 5.17. The van der Waals surface area contributed by atoms with E-state index < -0.39 is 0 Å². The van der Waals surface area contributed by atoms with E-state index in [-0.39, 0.29) is 5.38 Å². The van der Waals surface area contributed by atoms with Gasteiger partial charge < -0.3 is 14.2 Å². The van der Waals surface area contributed by atoms with Crippen LogP contribution >= 0.6 is 11.6 Å². The number of hydrogen-bond acceptors (Lipinski definition) is 3. The van der Waals surface area contributed by atoms with E-state index in [1.165, 1.54) is 0 Å². The smallest absolute Gasteiger partial charge is 0.203 e. The Hall–Kier alpha value is -1.09. The molecule has 3 nitrogen and oxygen atoms in total. The molecule has 4 heteroatoms. The third-order valence-corrected chi connectivity index (χ3v) is 3.79. The standard InChI is InChI=1S/C15H23ClO3/c1-6-10(2)9-12(16)11-7-8-13(17-3)15(19-5)14(11)18-4/h7-8,10,12H,6,9H2,1-5H3. The first kappa shape index (κ1) is 16.0. The summed E-state index contributed by atoms with van der Waals surface area (Å²) in [5, 5.41) is -0.0929. The van der Waals surface area contributed by atoms with Crippen LogP contribution in [-0.4, -0.2) is 21.3 Å². The highest BCUT2D eigenvalue weighted by Gasteiger charge is 2.21. The molecule has 1 aromatic carbocycles. The van der Waals surface area contributed by atoms with Gasteiger partial charge in [0, 0.05) is 5.56 Å². The molecule has 0 N–H and O–H groups in total. The van der Waals surface area contributed by atoms with E-state index in [4.69, 9.17) is 25.8 Å². The molecule has 0 aliphatic rings. The summed E-state index contributed by atoms with van der Waals surface area (Å²) in [7, 11) is 4.82. The summed E-state index contributed by atoms with van der Waals surface area (Å²) in [5.74, 6) is 2.47. The first-order valence-electron chi connectivity index (χ1n) is 6.51. The van der Waals surface area contributed by atoms with Crippen molar-refractivity contribution in [2.75, 3.05) is 21.3 Å². The average molecular weight is 287 g/mol. The Kier molecular flexibility index (Phi) is 6.29. The maximum absolute atomic E-state index is 6.51. The van der Waals surface area contributed by atoms with E-state index in [1.54, 1.807) is 21.3 Å². The van der Waals surface area contributed by atoms with E-state index >= 15 is 0 Å². The number of ether oxygens (including phenoxy) is 3. The zero-order chi connectivity index (χ0) is 14.4. The minimum atomic E-state index is -0.0929. The summed E-state index contributed by atoms with van der Waals surface area (Å²) in [6.07, 6.45) is 2.02. The summed E-state index contributed by atoms with van der Waals surface area (Å²) >= 11 is 6.51.